The molecule has 1 aromatic heterocycles. The third-order valence-corrected chi connectivity index (χ3v) is 3.93. The average molecular weight is 351 g/mol. The van der Waals surface area contributed by atoms with Crippen molar-refractivity contribution >= 4 is 23.5 Å². The van der Waals surface area contributed by atoms with Crippen LogP contribution in [-0.4, -0.2) is 56.6 Å². The number of carboxylic acids is 1. The van der Waals surface area contributed by atoms with Gasteiger partial charge in [-0.3, -0.25) is 4.79 Å². The first-order valence-electron chi connectivity index (χ1n) is 7.31. The second kappa shape index (κ2) is 6.98. The molecule has 1 unspecified atom stereocenters. The van der Waals surface area contributed by atoms with Gasteiger partial charge in [0.1, 0.15) is 12.6 Å². The average Bonchev–Trinajstić information content (AvgIpc) is 3.04. The molecule has 1 aromatic carbocycles. The van der Waals surface area contributed by atoms with Gasteiger partial charge < -0.3 is 14.7 Å². The Labute approximate surface area is 142 Å². The molecule has 1 amide bonds. The van der Waals surface area contributed by atoms with Gasteiger partial charge in [-0.15, -0.1) is 5.10 Å². The number of halogens is 1. The van der Waals surface area contributed by atoms with E-state index >= 15 is 0 Å². The van der Waals surface area contributed by atoms with Gasteiger partial charge in [-0.2, -0.15) is 0 Å². The van der Waals surface area contributed by atoms with Crippen molar-refractivity contribution in [2.45, 2.75) is 12.6 Å². The second-order valence-corrected chi connectivity index (χ2v) is 5.80. The number of amides is 1. The number of aromatic carboxylic acids is 1. The zero-order valence-corrected chi connectivity index (χ0v) is 13.4. The number of carbonyl (C=O) groups is 2. The van der Waals surface area contributed by atoms with E-state index in [1.165, 1.54) is 10.9 Å². The van der Waals surface area contributed by atoms with E-state index in [0.29, 0.717) is 24.7 Å². The molecule has 1 aliphatic heterocycles. The Hall–Kier alpha value is -2.45. The summed E-state index contributed by atoms with van der Waals surface area (Å²) >= 11 is 6.00. The van der Waals surface area contributed by atoms with Gasteiger partial charge in [0.2, 0.25) is 5.91 Å². The summed E-state index contributed by atoms with van der Waals surface area (Å²) < 4.78 is 6.94. The van der Waals surface area contributed by atoms with Crippen LogP contribution in [0.25, 0.3) is 0 Å². The van der Waals surface area contributed by atoms with Crippen molar-refractivity contribution in [3.63, 3.8) is 0 Å². The van der Waals surface area contributed by atoms with Gasteiger partial charge in [0.05, 0.1) is 19.3 Å². The highest BCUT2D eigenvalue weighted by molar-refractivity contribution is 6.30. The third kappa shape index (κ3) is 3.72. The minimum absolute atomic E-state index is 0.0669. The van der Waals surface area contributed by atoms with Crippen LogP contribution in [0.5, 0.6) is 0 Å². The van der Waals surface area contributed by atoms with Crippen molar-refractivity contribution in [2.75, 3.05) is 19.7 Å². The number of carbonyl (C=O) groups excluding carboxylic acids is 1. The van der Waals surface area contributed by atoms with Gasteiger partial charge in [-0.1, -0.05) is 28.9 Å². The number of ether oxygens (including phenoxy) is 1. The summed E-state index contributed by atoms with van der Waals surface area (Å²) in [6, 6.07) is 7.34. The number of hydrogen-bond acceptors (Lipinski definition) is 5. The summed E-state index contributed by atoms with van der Waals surface area (Å²) in [6.07, 6.45) is 0.988. The topological polar surface area (TPSA) is 97.5 Å². The molecule has 0 aliphatic carbocycles. The van der Waals surface area contributed by atoms with E-state index in [2.05, 4.69) is 10.3 Å². The lowest BCUT2D eigenvalue weighted by atomic mass is 10.1. The Balaban J connectivity index is 1.65. The first-order chi connectivity index (χ1) is 11.5. The van der Waals surface area contributed by atoms with E-state index < -0.39 is 5.97 Å². The molecule has 1 aliphatic rings. The molecule has 2 aromatic rings. The van der Waals surface area contributed by atoms with Gasteiger partial charge in [-0.25, -0.2) is 9.48 Å². The van der Waals surface area contributed by atoms with Crippen molar-refractivity contribution in [1.82, 2.24) is 19.9 Å². The number of hydrogen-bond donors (Lipinski definition) is 1. The fourth-order valence-corrected chi connectivity index (χ4v) is 2.70. The first-order valence-corrected chi connectivity index (χ1v) is 7.69. The van der Waals surface area contributed by atoms with Crippen molar-refractivity contribution < 1.29 is 19.4 Å². The predicted molar refractivity (Wildman–Crippen MR) is 83.7 cm³/mol. The van der Waals surface area contributed by atoms with E-state index in [1.54, 1.807) is 11.0 Å². The van der Waals surface area contributed by atoms with E-state index in [4.69, 9.17) is 21.4 Å². The molecule has 0 bridgehead atoms. The quantitative estimate of drug-likeness (QED) is 0.890. The van der Waals surface area contributed by atoms with Gasteiger partial charge in [0.15, 0.2) is 5.69 Å². The summed E-state index contributed by atoms with van der Waals surface area (Å²) in [5.74, 6) is -1.35. The Morgan fingerprint density at radius 2 is 2.25 bits per heavy atom. The fraction of sp³-hybridized carbons (Fsp3) is 0.333. The van der Waals surface area contributed by atoms with E-state index in [0.717, 1.165) is 5.56 Å². The molecular formula is C15H15ClN4O4. The molecule has 0 radical (unpaired) electrons. The summed E-state index contributed by atoms with van der Waals surface area (Å²) in [7, 11) is 0. The smallest absolute Gasteiger partial charge is 0.358 e. The molecule has 2 heterocycles. The maximum Gasteiger partial charge on any atom is 0.358 e. The minimum Gasteiger partial charge on any atom is -0.476 e. The maximum absolute atomic E-state index is 12.4. The molecule has 1 atom stereocenters. The molecule has 0 spiro atoms. The lowest BCUT2D eigenvalue weighted by molar-refractivity contribution is -0.139. The normalized spacial score (nSPS) is 17.7. The van der Waals surface area contributed by atoms with Crippen LogP contribution >= 0.6 is 11.6 Å². The molecule has 8 nitrogen and oxygen atoms in total. The van der Waals surface area contributed by atoms with Crippen LogP contribution < -0.4 is 0 Å². The van der Waals surface area contributed by atoms with Crippen LogP contribution in [0.4, 0.5) is 0 Å². The second-order valence-electron chi connectivity index (χ2n) is 5.36. The van der Waals surface area contributed by atoms with Crippen molar-refractivity contribution in [1.29, 1.82) is 0 Å². The molecule has 9 heteroatoms. The summed E-state index contributed by atoms with van der Waals surface area (Å²) in [4.78, 5) is 24.9. The van der Waals surface area contributed by atoms with Crippen LogP contribution in [-0.2, 0) is 16.1 Å². The van der Waals surface area contributed by atoms with E-state index in [9.17, 15) is 9.59 Å². The molecule has 1 fully saturated rings. The summed E-state index contributed by atoms with van der Waals surface area (Å²) in [6.45, 7) is 1.22. The SMILES string of the molecule is O=C(O)c1cn(CC(=O)N2CCOC(c3cccc(Cl)c3)C2)nn1. The Morgan fingerprint density at radius 1 is 1.42 bits per heavy atom. The standard InChI is InChI=1S/C15H15ClN4O4/c16-11-3-1-2-10(6-11)13-8-19(4-5-24-13)14(21)9-20-7-12(15(22)23)17-18-20/h1-3,6-7,13H,4-5,8-9H2,(H,22,23). The van der Waals surface area contributed by atoms with Gasteiger partial charge in [-0.05, 0) is 17.7 Å². The van der Waals surface area contributed by atoms with E-state index in [-0.39, 0.29) is 24.2 Å². The lowest BCUT2D eigenvalue weighted by Crippen LogP contribution is -2.43. The Kier molecular flexibility index (Phi) is 4.77. The number of carboxylic acid groups (broad SMARTS) is 1. The van der Waals surface area contributed by atoms with Gasteiger partial charge in [0.25, 0.3) is 0 Å². The van der Waals surface area contributed by atoms with Crippen molar-refractivity contribution in [3.05, 3.63) is 46.7 Å². The van der Waals surface area contributed by atoms with Gasteiger partial charge in [0, 0.05) is 11.6 Å². The maximum atomic E-state index is 12.4. The number of morpholine rings is 1. The summed E-state index contributed by atoms with van der Waals surface area (Å²) in [5, 5.41) is 16.6. The van der Waals surface area contributed by atoms with Crippen LogP contribution in [0.15, 0.2) is 30.5 Å². The minimum atomic E-state index is -1.18. The monoisotopic (exact) mass is 350 g/mol. The van der Waals surface area contributed by atoms with Crippen LogP contribution in [0.2, 0.25) is 5.02 Å². The lowest BCUT2D eigenvalue weighted by Gasteiger charge is -2.33. The highest BCUT2D eigenvalue weighted by Gasteiger charge is 2.26. The largest absolute Gasteiger partial charge is 0.476 e. The molecule has 1 saturated heterocycles. The first kappa shape index (κ1) is 16.4. The van der Waals surface area contributed by atoms with Crippen LogP contribution in [0, 0.1) is 0 Å². The van der Waals surface area contributed by atoms with Crippen molar-refractivity contribution in [2.24, 2.45) is 0 Å². The molecular weight excluding hydrogens is 336 g/mol. The Morgan fingerprint density at radius 3 is 2.96 bits per heavy atom. The van der Waals surface area contributed by atoms with Crippen LogP contribution in [0.1, 0.15) is 22.2 Å². The van der Waals surface area contributed by atoms with Crippen molar-refractivity contribution in [3.8, 4) is 0 Å². The predicted octanol–water partition coefficient (Wildman–Crippen LogP) is 1.23. The van der Waals surface area contributed by atoms with Gasteiger partial charge >= 0.3 is 5.97 Å². The summed E-state index contributed by atoms with van der Waals surface area (Å²) in [5.41, 5.74) is 0.718. The number of aromatic nitrogens is 3. The third-order valence-electron chi connectivity index (χ3n) is 3.69. The molecule has 3 rings (SSSR count). The number of nitrogens with zero attached hydrogens (tertiary/aromatic N) is 4. The molecule has 0 saturated carbocycles. The highest BCUT2D eigenvalue weighted by atomic mass is 35.5. The van der Waals surface area contributed by atoms with E-state index in [1.807, 2.05) is 18.2 Å². The molecule has 1 N–H and O–H groups in total. The highest BCUT2D eigenvalue weighted by Crippen LogP contribution is 2.24. The number of benzene rings is 1. The molecule has 24 heavy (non-hydrogen) atoms. The Bertz CT molecular complexity index is 763. The fourth-order valence-electron chi connectivity index (χ4n) is 2.50. The van der Waals surface area contributed by atoms with Crippen LogP contribution in [0.3, 0.4) is 0 Å². The molecule has 126 valence electrons. The zero-order valence-electron chi connectivity index (χ0n) is 12.6. The zero-order chi connectivity index (χ0) is 17.1. The number of rotatable bonds is 4.